The van der Waals surface area contributed by atoms with Crippen LogP contribution in [0.25, 0.3) is 0 Å². The number of thiol groups is 1. The van der Waals surface area contributed by atoms with Crippen molar-refractivity contribution in [1.82, 2.24) is 0 Å². The molecule has 3 nitrogen and oxygen atoms in total. The molecule has 0 aliphatic heterocycles. The Balaban J connectivity index is 0. The summed E-state index contributed by atoms with van der Waals surface area (Å²) < 4.78 is 0. The van der Waals surface area contributed by atoms with Gasteiger partial charge in [-0.1, -0.05) is 0 Å². The van der Waals surface area contributed by atoms with E-state index in [1.165, 1.54) is 0 Å². The van der Waals surface area contributed by atoms with E-state index in [9.17, 15) is 0 Å². The molecule has 3 N–H and O–H groups in total. The van der Waals surface area contributed by atoms with Crippen molar-refractivity contribution < 1.29 is 15.3 Å². The summed E-state index contributed by atoms with van der Waals surface area (Å²) in [6.45, 7) is -0.754. The molecule has 0 fully saturated rings. The molecule has 0 unspecified atom stereocenters. The van der Waals surface area contributed by atoms with Gasteiger partial charge in [0.15, 0.2) is 0 Å². The van der Waals surface area contributed by atoms with Crippen molar-refractivity contribution in [2.24, 2.45) is 0 Å². The van der Waals surface area contributed by atoms with Crippen LogP contribution in [-0.2, 0) is 0 Å². The third-order valence-electron chi connectivity index (χ3n) is 0.212. The van der Waals surface area contributed by atoms with Crippen LogP contribution >= 0.6 is 12.6 Å². The van der Waals surface area contributed by atoms with E-state index in [4.69, 9.17) is 15.3 Å². The van der Waals surface area contributed by atoms with E-state index in [2.05, 4.69) is 12.6 Å². The van der Waals surface area contributed by atoms with Crippen LogP contribution in [0.3, 0.4) is 0 Å². The molecule has 46 valence electrons. The molecule has 0 heterocycles. The maximum atomic E-state index is 8.00. The summed E-state index contributed by atoms with van der Waals surface area (Å²) in [6.07, 6.45) is 0. The van der Waals surface area contributed by atoms with Crippen molar-refractivity contribution in [3.63, 3.8) is 0 Å². The third-order valence-corrected chi connectivity index (χ3v) is 0.354. The molecule has 0 rings (SSSR count). The Hall–Kier alpha value is 1.05. The second kappa shape index (κ2) is 3.98. The summed E-state index contributed by atoms with van der Waals surface area (Å²) in [5.74, 6) is 0. The van der Waals surface area contributed by atoms with Gasteiger partial charge in [0.25, 0.3) is 0 Å². The quantitative estimate of drug-likeness (QED) is 0.228. The molecular formula is C2H9O3SSb. The van der Waals surface area contributed by atoms with Crippen LogP contribution in [0.4, 0.5) is 0 Å². The molecule has 7 heavy (non-hydrogen) atoms. The molecule has 5 heteroatoms. The SMILES string of the molecule is OCC(O)(O)S.[SbH3]. The monoisotopic (exact) mass is 234 g/mol. The number of hydrogen-bond donors (Lipinski definition) is 4. The van der Waals surface area contributed by atoms with Crippen molar-refractivity contribution in [3.8, 4) is 0 Å². The zero-order chi connectivity index (χ0) is 5.21. The van der Waals surface area contributed by atoms with Gasteiger partial charge < -0.3 is 15.3 Å². The second-order valence-corrected chi connectivity index (χ2v) is 1.65. The van der Waals surface area contributed by atoms with E-state index in [1.807, 2.05) is 0 Å². The summed E-state index contributed by atoms with van der Waals surface area (Å²) in [4.78, 5) is 0. The first-order valence-corrected chi connectivity index (χ1v) is 1.79. The summed E-state index contributed by atoms with van der Waals surface area (Å²) in [5, 5.41) is 21.6. The molecule has 0 atom stereocenters. The topological polar surface area (TPSA) is 60.7 Å². The van der Waals surface area contributed by atoms with Crippen molar-refractivity contribution in [3.05, 3.63) is 0 Å². The third kappa shape index (κ3) is 11.0. The standard InChI is InChI=1S/C2H6O3S.Sb.3H/c3-1-2(4,5)6;;;;/h3-6H,1H2;;;;. The normalized spacial score (nSPS) is 10.3. The molecule has 0 radical (unpaired) electrons. The van der Waals surface area contributed by atoms with Crippen molar-refractivity contribution in [1.29, 1.82) is 0 Å². The van der Waals surface area contributed by atoms with Crippen LogP contribution in [-0.4, -0.2) is 51.5 Å². The summed E-state index contributed by atoms with van der Waals surface area (Å²) in [6, 6.07) is 0. The Morgan fingerprint density at radius 1 is 1.43 bits per heavy atom. The number of aliphatic hydroxyl groups is 3. The van der Waals surface area contributed by atoms with Gasteiger partial charge >= 0.3 is 24.4 Å². The van der Waals surface area contributed by atoms with Gasteiger partial charge in [0.05, 0.1) is 0 Å². The van der Waals surface area contributed by atoms with E-state index < -0.39 is 11.7 Å². The molecule has 0 aromatic rings. The number of rotatable bonds is 1. The summed E-state index contributed by atoms with van der Waals surface area (Å²) in [5.41, 5.74) is 0. The summed E-state index contributed by atoms with van der Waals surface area (Å²) >= 11 is 3.12. The van der Waals surface area contributed by atoms with Gasteiger partial charge in [0.2, 0.25) is 5.12 Å². The molecule has 0 aromatic carbocycles. The molecule has 0 aromatic heterocycles. The summed E-state index contributed by atoms with van der Waals surface area (Å²) in [7, 11) is 0. The van der Waals surface area contributed by atoms with Crippen LogP contribution in [0.2, 0.25) is 0 Å². The van der Waals surface area contributed by atoms with E-state index in [-0.39, 0.29) is 24.4 Å². The van der Waals surface area contributed by atoms with Gasteiger partial charge in [0, 0.05) is 0 Å². The molecule has 0 amide bonds. The van der Waals surface area contributed by atoms with Gasteiger partial charge in [0.1, 0.15) is 6.61 Å². The fourth-order valence-electron chi connectivity index (χ4n) is 0. The van der Waals surface area contributed by atoms with Crippen LogP contribution in [0.1, 0.15) is 0 Å². The van der Waals surface area contributed by atoms with Gasteiger partial charge in [-0.15, -0.1) is 12.6 Å². The van der Waals surface area contributed by atoms with E-state index in [0.29, 0.717) is 0 Å². The number of aliphatic hydroxyl groups excluding tert-OH is 1. The van der Waals surface area contributed by atoms with Gasteiger partial charge in [-0.3, -0.25) is 0 Å². The van der Waals surface area contributed by atoms with Crippen molar-refractivity contribution in [2.45, 2.75) is 5.12 Å². The van der Waals surface area contributed by atoms with E-state index in [1.54, 1.807) is 0 Å². The first-order valence-electron chi connectivity index (χ1n) is 1.34. The molecule has 0 aliphatic rings. The van der Waals surface area contributed by atoms with Crippen LogP contribution in [0.15, 0.2) is 0 Å². The molecular weight excluding hydrogens is 226 g/mol. The Morgan fingerprint density at radius 3 is 1.57 bits per heavy atom. The maximum absolute atomic E-state index is 8.00. The Bertz CT molecular complexity index is 42.7. The fourth-order valence-corrected chi connectivity index (χ4v) is 0. The van der Waals surface area contributed by atoms with Crippen molar-refractivity contribution >= 4 is 37.1 Å². The fraction of sp³-hybridized carbons (Fsp3) is 1.00. The Kier molecular flexibility index (Phi) is 6.21. The first kappa shape index (κ1) is 10.9. The predicted octanol–water partition coefficient (Wildman–Crippen LogP) is -2.64. The average Bonchev–Trinajstić information content (AvgIpc) is 1.35. The molecule has 0 spiro atoms. The van der Waals surface area contributed by atoms with Crippen molar-refractivity contribution in [2.75, 3.05) is 6.61 Å². The minimum atomic E-state index is -2.21. The zero-order valence-corrected chi connectivity index (χ0v) is 8.63. The molecule has 0 bridgehead atoms. The van der Waals surface area contributed by atoms with Gasteiger partial charge in [-0.2, -0.15) is 0 Å². The van der Waals surface area contributed by atoms with E-state index >= 15 is 0 Å². The number of hydrogen-bond acceptors (Lipinski definition) is 4. The Morgan fingerprint density at radius 2 is 1.57 bits per heavy atom. The van der Waals surface area contributed by atoms with Gasteiger partial charge in [-0.25, -0.2) is 0 Å². The molecule has 0 aliphatic carbocycles. The molecule has 0 saturated heterocycles. The first-order chi connectivity index (χ1) is 2.56. The Labute approximate surface area is 64.2 Å². The van der Waals surface area contributed by atoms with Gasteiger partial charge in [-0.05, 0) is 0 Å². The predicted molar refractivity (Wildman–Crippen MR) is 33.2 cm³/mol. The average molecular weight is 235 g/mol. The van der Waals surface area contributed by atoms with E-state index in [0.717, 1.165) is 0 Å². The molecule has 0 saturated carbocycles. The minimum absolute atomic E-state index is 0. The zero-order valence-electron chi connectivity index (χ0n) is 3.70. The van der Waals surface area contributed by atoms with Crippen LogP contribution < -0.4 is 0 Å². The van der Waals surface area contributed by atoms with Crippen LogP contribution in [0.5, 0.6) is 0 Å². The van der Waals surface area contributed by atoms with Crippen LogP contribution in [0, 0.1) is 0 Å². The second-order valence-electron chi connectivity index (χ2n) is 0.932.